The number of hydrogen-bond acceptors (Lipinski definition) is 3. The number of rotatable bonds is 1. The van der Waals surface area contributed by atoms with Crippen molar-refractivity contribution in [1.82, 2.24) is 9.78 Å². The Morgan fingerprint density at radius 2 is 2.06 bits per heavy atom. The van der Waals surface area contributed by atoms with Crippen molar-refractivity contribution in [3.8, 4) is 11.3 Å². The lowest BCUT2D eigenvalue weighted by Crippen LogP contribution is -2.19. The maximum atomic E-state index is 11.7. The van der Waals surface area contributed by atoms with Crippen molar-refractivity contribution in [3.05, 3.63) is 41.6 Å². The molecule has 0 N–H and O–H groups in total. The van der Waals surface area contributed by atoms with Gasteiger partial charge in [-0.15, -0.1) is 0 Å². The van der Waals surface area contributed by atoms with Gasteiger partial charge >= 0.3 is 0 Å². The lowest BCUT2D eigenvalue weighted by molar-refractivity contribution is 0.0666. The number of carbonyl (C=O) groups is 1. The zero-order valence-corrected chi connectivity index (χ0v) is 9.51. The molecule has 0 amide bonds. The molecule has 0 saturated carbocycles. The number of aromatic nitrogens is 2. The Morgan fingerprint density at radius 3 is 2.82 bits per heavy atom. The van der Waals surface area contributed by atoms with Crippen LogP contribution in [0.2, 0.25) is 0 Å². The zero-order valence-electron chi connectivity index (χ0n) is 9.51. The van der Waals surface area contributed by atoms with Crippen LogP contribution in [-0.4, -0.2) is 22.2 Å². The first kappa shape index (κ1) is 10.2. The first-order valence-corrected chi connectivity index (χ1v) is 5.48. The molecule has 0 atom stereocenters. The van der Waals surface area contributed by atoms with Crippen molar-refractivity contribution < 1.29 is 9.53 Å². The van der Waals surface area contributed by atoms with Crippen molar-refractivity contribution in [2.45, 2.75) is 6.61 Å². The van der Waals surface area contributed by atoms with Gasteiger partial charge in [0.05, 0.1) is 12.3 Å². The van der Waals surface area contributed by atoms with Crippen LogP contribution in [0.25, 0.3) is 11.3 Å². The summed E-state index contributed by atoms with van der Waals surface area (Å²) in [4.78, 5) is 11.7. The van der Waals surface area contributed by atoms with Crippen LogP contribution in [0, 0.1) is 0 Å². The van der Waals surface area contributed by atoms with Crippen molar-refractivity contribution >= 4 is 5.78 Å². The van der Waals surface area contributed by atoms with Crippen molar-refractivity contribution in [2.24, 2.45) is 7.05 Å². The highest BCUT2D eigenvalue weighted by Gasteiger charge is 2.21. The fourth-order valence-corrected chi connectivity index (χ4v) is 2.21. The summed E-state index contributed by atoms with van der Waals surface area (Å²) in [6, 6.07) is 7.71. The minimum Gasteiger partial charge on any atom is -0.369 e. The third kappa shape index (κ3) is 1.57. The summed E-state index contributed by atoms with van der Waals surface area (Å²) < 4.78 is 7.11. The first-order chi connectivity index (χ1) is 8.27. The summed E-state index contributed by atoms with van der Waals surface area (Å²) in [7, 11) is 1.89. The Hall–Kier alpha value is -1.94. The molecule has 0 fully saturated rings. The van der Waals surface area contributed by atoms with E-state index in [1.165, 1.54) is 0 Å². The third-order valence-corrected chi connectivity index (χ3v) is 3.05. The van der Waals surface area contributed by atoms with Crippen molar-refractivity contribution in [2.75, 3.05) is 6.61 Å². The molecule has 1 aromatic carbocycles. The maximum absolute atomic E-state index is 11.7. The molecule has 1 aliphatic rings. The predicted molar refractivity (Wildman–Crippen MR) is 62.6 cm³/mol. The molecule has 1 aliphatic heterocycles. The number of carbonyl (C=O) groups excluding carboxylic acids is 1. The van der Waals surface area contributed by atoms with Crippen LogP contribution >= 0.6 is 0 Å². The van der Waals surface area contributed by atoms with Gasteiger partial charge in [0.2, 0.25) is 0 Å². The quantitative estimate of drug-likeness (QED) is 0.747. The maximum Gasteiger partial charge on any atom is 0.188 e. The highest BCUT2D eigenvalue weighted by Crippen LogP contribution is 2.28. The monoisotopic (exact) mass is 228 g/mol. The predicted octanol–water partition coefficient (Wildman–Crippen LogP) is 1.80. The van der Waals surface area contributed by atoms with Gasteiger partial charge in [-0.3, -0.25) is 9.48 Å². The standard InChI is InChI=1S/C13H12N2O2/c1-15-12(5-6-14-15)9-3-2-4-10-11(9)7-17-8-13(10)16/h2-6H,7-8H2,1H3. The average Bonchev–Trinajstić information content (AvgIpc) is 2.75. The Morgan fingerprint density at radius 1 is 1.24 bits per heavy atom. The van der Waals surface area contributed by atoms with Crippen LogP contribution in [-0.2, 0) is 18.4 Å². The van der Waals surface area contributed by atoms with Crippen LogP contribution in [0.15, 0.2) is 30.5 Å². The topological polar surface area (TPSA) is 44.1 Å². The molecule has 0 bridgehead atoms. The van der Waals surface area contributed by atoms with Gasteiger partial charge < -0.3 is 4.74 Å². The van der Waals surface area contributed by atoms with E-state index in [9.17, 15) is 4.79 Å². The molecule has 1 aromatic heterocycles. The fraction of sp³-hybridized carbons (Fsp3) is 0.231. The second kappa shape index (κ2) is 3.82. The molecule has 4 heteroatoms. The molecule has 86 valence electrons. The second-order valence-electron chi connectivity index (χ2n) is 4.09. The van der Waals surface area contributed by atoms with Crippen LogP contribution in [0.4, 0.5) is 0 Å². The number of fused-ring (bicyclic) bond motifs is 1. The summed E-state index contributed by atoms with van der Waals surface area (Å²) in [6.07, 6.45) is 1.75. The van der Waals surface area contributed by atoms with Gasteiger partial charge in [-0.25, -0.2) is 0 Å². The van der Waals surface area contributed by atoms with Gasteiger partial charge in [0.15, 0.2) is 5.78 Å². The van der Waals surface area contributed by atoms with Crippen LogP contribution < -0.4 is 0 Å². The Labute approximate surface area is 98.8 Å². The van der Waals surface area contributed by atoms with Gasteiger partial charge in [0.25, 0.3) is 0 Å². The van der Waals surface area contributed by atoms with Crippen LogP contribution in [0.5, 0.6) is 0 Å². The molecule has 2 heterocycles. The molecule has 0 unspecified atom stereocenters. The summed E-state index contributed by atoms with van der Waals surface area (Å²) in [5.41, 5.74) is 3.76. The molecule has 4 nitrogen and oxygen atoms in total. The number of benzene rings is 1. The summed E-state index contributed by atoms with van der Waals surface area (Å²) in [5.74, 6) is 0.0512. The summed E-state index contributed by atoms with van der Waals surface area (Å²) >= 11 is 0. The second-order valence-corrected chi connectivity index (χ2v) is 4.09. The van der Waals surface area contributed by atoms with Gasteiger partial charge in [0, 0.05) is 24.4 Å². The van der Waals surface area contributed by atoms with Crippen molar-refractivity contribution in [3.63, 3.8) is 0 Å². The molecule has 0 radical (unpaired) electrons. The molecular weight excluding hydrogens is 216 g/mol. The smallest absolute Gasteiger partial charge is 0.188 e. The van der Waals surface area contributed by atoms with E-state index in [2.05, 4.69) is 5.10 Å². The molecule has 2 aromatic rings. The van der Waals surface area contributed by atoms with Gasteiger partial charge in [-0.1, -0.05) is 18.2 Å². The van der Waals surface area contributed by atoms with E-state index >= 15 is 0 Å². The number of hydrogen-bond donors (Lipinski definition) is 0. The van der Waals surface area contributed by atoms with E-state index in [1.54, 1.807) is 10.9 Å². The molecule has 3 rings (SSSR count). The van der Waals surface area contributed by atoms with E-state index < -0.39 is 0 Å². The van der Waals surface area contributed by atoms with Crippen LogP contribution in [0.1, 0.15) is 15.9 Å². The normalized spacial score (nSPS) is 14.8. The highest BCUT2D eigenvalue weighted by atomic mass is 16.5. The van der Waals surface area contributed by atoms with Gasteiger partial charge in [0.1, 0.15) is 6.61 Å². The van der Waals surface area contributed by atoms with E-state index in [0.29, 0.717) is 6.61 Å². The van der Waals surface area contributed by atoms with E-state index in [4.69, 9.17) is 4.74 Å². The SMILES string of the molecule is Cn1nccc1-c1cccc2c1COCC2=O. The highest BCUT2D eigenvalue weighted by molar-refractivity contribution is 6.00. The number of Topliss-reactive ketones (excluding diaryl/α,β-unsaturated/α-hetero) is 1. The minimum atomic E-state index is 0.0512. The van der Waals surface area contributed by atoms with E-state index in [1.807, 2.05) is 31.3 Å². The minimum absolute atomic E-state index is 0.0512. The molecule has 0 spiro atoms. The Kier molecular flexibility index (Phi) is 2.30. The van der Waals surface area contributed by atoms with Gasteiger partial charge in [-0.2, -0.15) is 5.10 Å². The fourth-order valence-electron chi connectivity index (χ4n) is 2.21. The average molecular weight is 228 g/mol. The largest absolute Gasteiger partial charge is 0.369 e. The number of ether oxygens (including phenoxy) is 1. The lowest BCUT2D eigenvalue weighted by atomic mass is 9.95. The number of ketones is 1. The first-order valence-electron chi connectivity index (χ1n) is 5.48. The van der Waals surface area contributed by atoms with E-state index in [0.717, 1.165) is 22.4 Å². The number of aryl methyl sites for hydroxylation is 1. The van der Waals surface area contributed by atoms with Gasteiger partial charge in [-0.05, 0) is 11.6 Å². The molecule has 0 aliphatic carbocycles. The third-order valence-electron chi connectivity index (χ3n) is 3.05. The van der Waals surface area contributed by atoms with Crippen LogP contribution in [0.3, 0.4) is 0 Å². The Balaban J connectivity index is 2.22. The molecule has 0 saturated heterocycles. The number of nitrogens with zero attached hydrogens (tertiary/aromatic N) is 2. The zero-order chi connectivity index (χ0) is 11.8. The molecule has 17 heavy (non-hydrogen) atoms. The van der Waals surface area contributed by atoms with E-state index in [-0.39, 0.29) is 12.4 Å². The lowest BCUT2D eigenvalue weighted by Gasteiger charge is -2.18. The summed E-state index contributed by atoms with van der Waals surface area (Å²) in [5, 5.41) is 4.15. The van der Waals surface area contributed by atoms with Crippen molar-refractivity contribution in [1.29, 1.82) is 0 Å². The summed E-state index contributed by atoms with van der Waals surface area (Å²) in [6.45, 7) is 0.671. The Bertz CT molecular complexity index is 587. The molecular formula is C13H12N2O2.